The summed E-state index contributed by atoms with van der Waals surface area (Å²) in [5, 5.41) is 12.2. The van der Waals surface area contributed by atoms with Crippen LogP contribution in [0.5, 0.6) is 0 Å². The summed E-state index contributed by atoms with van der Waals surface area (Å²) in [7, 11) is -3.34. The van der Waals surface area contributed by atoms with E-state index in [9.17, 15) is 8.42 Å². The molecule has 0 aliphatic carbocycles. The molecule has 1 fully saturated rings. The van der Waals surface area contributed by atoms with Gasteiger partial charge >= 0.3 is 0 Å². The van der Waals surface area contributed by atoms with Gasteiger partial charge in [0.1, 0.15) is 0 Å². The lowest BCUT2D eigenvalue weighted by Gasteiger charge is -2.26. The van der Waals surface area contributed by atoms with Gasteiger partial charge in [0.15, 0.2) is 9.84 Å². The summed E-state index contributed by atoms with van der Waals surface area (Å²) in [6.07, 6.45) is 1.07. The summed E-state index contributed by atoms with van der Waals surface area (Å²) >= 11 is 0. The van der Waals surface area contributed by atoms with Crippen LogP contribution in [0, 0.1) is 11.3 Å². The fourth-order valence-corrected chi connectivity index (χ4v) is 3.97. The summed E-state index contributed by atoms with van der Waals surface area (Å²) in [5.41, 5.74) is 0.378. The monoisotopic (exact) mass is 307 g/mol. The fraction of sp³-hybridized carbons (Fsp3) is 0.533. The molecule has 1 aliphatic heterocycles. The Kier molecular flexibility index (Phi) is 5.34. The van der Waals surface area contributed by atoms with Crippen molar-refractivity contribution in [3.05, 3.63) is 29.8 Å². The Morgan fingerprint density at radius 2 is 2.29 bits per heavy atom. The zero-order valence-corrected chi connectivity index (χ0v) is 13.1. The predicted molar refractivity (Wildman–Crippen MR) is 81.7 cm³/mol. The van der Waals surface area contributed by atoms with Crippen LogP contribution in [0.15, 0.2) is 29.2 Å². The molecule has 1 aromatic rings. The molecule has 1 aromatic carbocycles. The molecule has 1 N–H and O–H groups in total. The molecule has 0 amide bonds. The van der Waals surface area contributed by atoms with Crippen molar-refractivity contribution in [2.24, 2.45) is 0 Å². The molecule has 5 nitrogen and oxygen atoms in total. The largest absolute Gasteiger partial charge is 0.315 e. The Balaban J connectivity index is 2.04. The molecule has 114 valence electrons. The van der Waals surface area contributed by atoms with Crippen molar-refractivity contribution in [1.82, 2.24) is 10.2 Å². The highest BCUT2D eigenvalue weighted by atomic mass is 32.2. The van der Waals surface area contributed by atoms with Gasteiger partial charge < -0.3 is 5.32 Å². The predicted octanol–water partition coefficient (Wildman–Crippen LogP) is 1.02. The topological polar surface area (TPSA) is 73.2 Å². The van der Waals surface area contributed by atoms with Gasteiger partial charge in [-0.15, -0.1) is 0 Å². The van der Waals surface area contributed by atoms with Gasteiger partial charge in [0.2, 0.25) is 0 Å². The molecule has 1 unspecified atom stereocenters. The maximum atomic E-state index is 12.4. The van der Waals surface area contributed by atoms with Crippen molar-refractivity contribution in [1.29, 1.82) is 5.26 Å². The minimum Gasteiger partial charge on any atom is -0.315 e. The van der Waals surface area contributed by atoms with Gasteiger partial charge in [0, 0.05) is 19.1 Å². The van der Waals surface area contributed by atoms with Gasteiger partial charge in [-0.05, 0) is 37.7 Å². The van der Waals surface area contributed by atoms with Gasteiger partial charge in [-0.3, -0.25) is 4.90 Å². The van der Waals surface area contributed by atoms with Crippen molar-refractivity contribution in [2.75, 3.05) is 31.9 Å². The number of hydrogen-bond acceptors (Lipinski definition) is 5. The van der Waals surface area contributed by atoms with Crippen LogP contribution in [0.3, 0.4) is 0 Å². The molecule has 0 aromatic heterocycles. The highest BCUT2D eigenvalue weighted by molar-refractivity contribution is 7.91. The molecule has 1 aliphatic rings. The number of likely N-dealkylation sites (N-methyl/N-ethyl adjacent to an activating group) is 1. The normalized spacial score (nSPS) is 18.8. The fourth-order valence-electron chi connectivity index (χ4n) is 2.66. The second kappa shape index (κ2) is 7.03. The zero-order valence-electron chi connectivity index (χ0n) is 12.2. The quantitative estimate of drug-likeness (QED) is 0.849. The Morgan fingerprint density at radius 3 is 2.90 bits per heavy atom. The molecule has 1 heterocycles. The van der Waals surface area contributed by atoms with E-state index in [1.807, 2.05) is 6.07 Å². The van der Waals surface area contributed by atoms with E-state index in [1.54, 1.807) is 18.2 Å². The first-order valence-corrected chi connectivity index (χ1v) is 8.89. The molecular formula is C15H21N3O2S. The van der Waals surface area contributed by atoms with E-state index >= 15 is 0 Å². The number of hydrogen-bond donors (Lipinski definition) is 1. The standard InChI is InChI=1S/C15H21N3O2S/c1-2-18(14-6-7-17-12-14)8-9-21(19,20)15-5-3-4-13(10-15)11-16/h3-5,10,14,17H,2,6-9,12H2,1H3. The van der Waals surface area contributed by atoms with Crippen LogP contribution in [0.25, 0.3) is 0 Å². The number of rotatable bonds is 6. The molecule has 1 atom stereocenters. The third kappa shape index (κ3) is 4.03. The molecule has 0 saturated carbocycles. The van der Waals surface area contributed by atoms with Crippen LogP contribution in [0.2, 0.25) is 0 Å². The number of benzene rings is 1. The third-order valence-corrected chi connectivity index (χ3v) is 5.62. The van der Waals surface area contributed by atoms with Crippen LogP contribution < -0.4 is 5.32 Å². The lowest BCUT2D eigenvalue weighted by molar-refractivity contribution is 0.232. The Hall–Kier alpha value is -1.42. The maximum absolute atomic E-state index is 12.4. The first kappa shape index (κ1) is 16.0. The highest BCUT2D eigenvalue weighted by Gasteiger charge is 2.23. The second-order valence-electron chi connectivity index (χ2n) is 5.23. The number of nitrogens with one attached hydrogen (secondary N) is 1. The van der Waals surface area contributed by atoms with Crippen LogP contribution in [-0.2, 0) is 9.84 Å². The second-order valence-corrected chi connectivity index (χ2v) is 7.34. The average Bonchev–Trinajstić information content (AvgIpc) is 3.02. The molecule has 1 saturated heterocycles. The molecule has 0 radical (unpaired) electrons. The van der Waals surface area contributed by atoms with Crippen molar-refractivity contribution in [2.45, 2.75) is 24.3 Å². The van der Waals surface area contributed by atoms with Gasteiger partial charge in [0.25, 0.3) is 0 Å². The summed E-state index contributed by atoms with van der Waals surface area (Å²) in [6.45, 7) is 5.36. The minimum atomic E-state index is -3.34. The van der Waals surface area contributed by atoms with Crippen molar-refractivity contribution in [3.8, 4) is 6.07 Å². The van der Waals surface area contributed by atoms with Gasteiger partial charge in [-0.25, -0.2) is 8.42 Å². The lowest BCUT2D eigenvalue weighted by atomic mass is 10.2. The van der Waals surface area contributed by atoms with Crippen LogP contribution in [-0.4, -0.2) is 51.3 Å². The van der Waals surface area contributed by atoms with E-state index < -0.39 is 9.84 Å². The van der Waals surface area contributed by atoms with E-state index in [-0.39, 0.29) is 10.6 Å². The van der Waals surface area contributed by atoms with E-state index in [2.05, 4.69) is 17.1 Å². The van der Waals surface area contributed by atoms with Gasteiger partial charge in [-0.1, -0.05) is 13.0 Å². The summed E-state index contributed by atoms with van der Waals surface area (Å²) in [4.78, 5) is 2.45. The van der Waals surface area contributed by atoms with Crippen molar-refractivity contribution in [3.63, 3.8) is 0 Å². The van der Waals surface area contributed by atoms with Crippen LogP contribution in [0.4, 0.5) is 0 Å². The lowest BCUT2D eigenvalue weighted by Crippen LogP contribution is -2.39. The SMILES string of the molecule is CCN(CCS(=O)(=O)c1cccc(C#N)c1)C1CCNC1. The summed E-state index contributed by atoms with van der Waals surface area (Å²) < 4.78 is 24.8. The first-order valence-electron chi connectivity index (χ1n) is 7.24. The first-order chi connectivity index (χ1) is 10.1. The van der Waals surface area contributed by atoms with Crippen molar-refractivity contribution >= 4 is 9.84 Å². The van der Waals surface area contributed by atoms with Gasteiger partial charge in [-0.2, -0.15) is 5.26 Å². The molecule has 6 heteroatoms. The smallest absolute Gasteiger partial charge is 0.179 e. The molecular weight excluding hydrogens is 286 g/mol. The minimum absolute atomic E-state index is 0.0895. The summed E-state index contributed by atoms with van der Waals surface area (Å²) in [5.74, 6) is 0.0895. The van der Waals surface area contributed by atoms with Crippen molar-refractivity contribution < 1.29 is 8.42 Å². The number of nitrogens with zero attached hydrogens (tertiary/aromatic N) is 2. The molecule has 0 spiro atoms. The maximum Gasteiger partial charge on any atom is 0.179 e. The number of nitriles is 1. The van der Waals surface area contributed by atoms with Crippen LogP contribution >= 0.6 is 0 Å². The average molecular weight is 307 g/mol. The van der Waals surface area contributed by atoms with Gasteiger partial charge in [0.05, 0.1) is 22.3 Å². The van der Waals surface area contributed by atoms with Crippen LogP contribution in [0.1, 0.15) is 18.9 Å². The highest BCUT2D eigenvalue weighted by Crippen LogP contribution is 2.15. The Bertz CT molecular complexity index is 616. The van der Waals surface area contributed by atoms with E-state index in [0.29, 0.717) is 18.2 Å². The Labute approximate surface area is 126 Å². The molecule has 2 rings (SSSR count). The summed E-state index contributed by atoms with van der Waals surface area (Å²) in [6, 6.07) is 8.64. The van der Waals surface area contributed by atoms with E-state index in [0.717, 1.165) is 26.1 Å². The van der Waals surface area contributed by atoms with E-state index in [4.69, 9.17) is 5.26 Å². The third-order valence-electron chi connectivity index (χ3n) is 3.93. The molecule has 21 heavy (non-hydrogen) atoms. The zero-order chi connectivity index (χ0) is 15.3. The Morgan fingerprint density at radius 1 is 1.48 bits per heavy atom. The van der Waals surface area contributed by atoms with E-state index in [1.165, 1.54) is 6.07 Å². The molecule has 0 bridgehead atoms. The number of sulfone groups is 1.